The smallest absolute Gasteiger partial charge is 0.276 e. The number of rotatable bonds is 5. The number of hydrogen-bond donors (Lipinski definition) is 1. The first-order chi connectivity index (χ1) is 16.0. The Morgan fingerprint density at radius 3 is 2.76 bits per heavy atom. The third-order valence-corrected chi connectivity index (χ3v) is 6.76. The molecule has 3 aromatic heterocycles. The molecule has 9 nitrogen and oxygen atoms in total. The van der Waals surface area contributed by atoms with Crippen LogP contribution in [0, 0.1) is 6.92 Å². The lowest BCUT2D eigenvalue weighted by atomic mass is 10.1. The SMILES string of the molecule is Cc1nc2cc([C@@H]3CCCN3C(=O)c3cccnc3)[nH]n2c(=O)c1CCC(=O)N1CCCC1. The highest BCUT2D eigenvalue weighted by Gasteiger charge is 2.32. The van der Waals surface area contributed by atoms with E-state index < -0.39 is 0 Å². The summed E-state index contributed by atoms with van der Waals surface area (Å²) in [7, 11) is 0. The second kappa shape index (κ2) is 8.80. The number of hydrogen-bond acceptors (Lipinski definition) is 5. The van der Waals surface area contributed by atoms with E-state index in [1.165, 1.54) is 4.52 Å². The topological polar surface area (TPSA) is 104 Å². The maximum absolute atomic E-state index is 13.2. The molecule has 0 aromatic carbocycles. The van der Waals surface area contributed by atoms with Gasteiger partial charge in [-0.3, -0.25) is 24.5 Å². The van der Waals surface area contributed by atoms with Crippen LogP contribution in [0.3, 0.4) is 0 Å². The molecule has 2 aliphatic heterocycles. The largest absolute Gasteiger partial charge is 0.343 e. The monoisotopic (exact) mass is 448 g/mol. The lowest BCUT2D eigenvalue weighted by Crippen LogP contribution is -2.31. The predicted octanol–water partition coefficient (Wildman–Crippen LogP) is 2.26. The molecule has 2 aliphatic rings. The van der Waals surface area contributed by atoms with E-state index in [1.807, 2.05) is 22.8 Å². The van der Waals surface area contributed by atoms with Crippen molar-refractivity contribution in [3.8, 4) is 0 Å². The Kier molecular flexibility index (Phi) is 5.70. The Labute approximate surface area is 191 Å². The molecule has 0 radical (unpaired) electrons. The molecule has 0 aliphatic carbocycles. The average molecular weight is 449 g/mol. The van der Waals surface area contributed by atoms with Crippen LogP contribution in [0.4, 0.5) is 0 Å². The average Bonchev–Trinajstić information content (AvgIpc) is 3.59. The first-order valence-corrected chi connectivity index (χ1v) is 11.6. The van der Waals surface area contributed by atoms with Gasteiger partial charge in [-0.05, 0) is 51.2 Å². The number of carbonyl (C=O) groups excluding carboxylic acids is 2. The molecular formula is C24H28N6O3. The van der Waals surface area contributed by atoms with Crippen LogP contribution in [0.5, 0.6) is 0 Å². The maximum atomic E-state index is 13.2. The fourth-order valence-electron chi connectivity index (χ4n) is 4.99. The molecule has 3 aromatic rings. The lowest BCUT2D eigenvalue weighted by molar-refractivity contribution is -0.130. The zero-order valence-electron chi connectivity index (χ0n) is 18.8. The number of amides is 2. The standard InChI is InChI=1S/C24H28N6O3/c1-16-18(8-9-22(31)28-11-2-3-12-28)24(33)30-21(26-16)14-19(27-30)20-7-5-13-29(20)23(32)17-6-4-10-25-15-17/h4,6,10,14-15,20,27H,2-3,5,7-9,11-13H2,1H3/t20-/m0/s1. The third-order valence-electron chi connectivity index (χ3n) is 6.76. The molecule has 1 atom stereocenters. The third kappa shape index (κ3) is 4.03. The Balaban J connectivity index is 1.40. The number of aromatic amines is 1. The summed E-state index contributed by atoms with van der Waals surface area (Å²) in [5.41, 5.74) is 2.90. The molecule has 0 bridgehead atoms. The van der Waals surface area contributed by atoms with Gasteiger partial charge in [0.25, 0.3) is 11.5 Å². The fourth-order valence-corrected chi connectivity index (χ4v) is 4.99. The summed E-state index contributed by atoms with van der Waals surface area (Å²) in [6.45, 7) is 4.09. The minimum absolute atomic E-state index is 0.0677. The minimum Gasteiger partial charge on any atom is -0.343 e. The van der Waals surface area contributed by atoms with Crippen molar-refractivity contribution in [3.05, 3.63) is 63.5 Å². The highest BCUT2D eigenvalue weighted by molar-refractivity contribution is 5.94. The number of pyridine rings is 1. The van der Waals surface area contributed by atoms with Gasteiger partial charge in [0.2, 0.25) is 5.91 Å². The van der Waals surface area contributed by atoms with Crippen molar-refractivity contribution in [2.45, 2.75) is 51.5 Å². The van der Waals surface area contributed by atoms with Crippen molar-refractivity contribution in [1.82, 2.24) is 29.4 Å². The molecule has 0 unspecified atom stereocenters. The maximum Gasteiger partial charge on any atom is 0.276 e. The number of H-pyrrole nitrogens is 1. The molecule has 2 saturated heterocycles. The zero-order valence-corrected chi connectivity index (χ0v) is 18.8. The highest BCUT2D eigenvalue weighted by Crippen LogP contribution is 2.32. The summed E-state index contributed by atoms with van der Waals surface area (Å²) in [6.07, 6.45) is 7.70. The van der Waals surface area contributed by atoms with Crippen LogP contribution in [0.25, 0.3) is 5.65 Å². The molecule has 33 heavy (non-hydrogen) atoms. The van der Waals surface area contributed by atoms with Crippen LogP contribution in [-0.4, -0.2) is 60.8 Å². The van der Waals surface area contributed by atoms with E-state index in [9.17, 15) is 14.4 Å². The van der Waals surface area contributed by atoms with Crippen LogP contribution < -0.4 is 5.56 Å². The Morgan fingerprint density at radius 1 is 1.18 bits per heavy atom. The van der Waals surface area contributed by atoms with Crippen LogP contribution >= 0.6 is 0 Å². The molecule has 5 rings (SSSR count). The Morgan fingerprint density at radius 2 is 2.00 bits per heavy atom. The molecule has 0 saturated carbocycles. The van der Waals surface area contributed by atoms with Gasteiger partial charge in [-0.15, -0.1) is 0 Å². The van der Waals surface area contributed by atoms with E-state index in [0.717, 1.165) is 44.5 Å². The van der Waals surface area contributed by atoms with E-state index in [1.54, 1.807) is 24.5 Å². The second-order valence-corrected chi connectivity index (χ2v) is 8.87. The van der Waals surface area contributed by atoms with Crippen LogP contribution in [-0.2, 0) is 11.2 Å². The number of carbonyl (C=O) groups is 2. The van der Waals surface area contributed by atoms with Crippen molar-refractivity contribution in [2.75, 3.05) is 19.6 Å². The molecule has 1 N–H and O–H groups in total. The van der Waals surface area contributed by atoms with Crippen molar-refractivity contribution in [1.29, 1.82) is 0 Å². The van der Waals surface area contributed by atoms with Crippen LogP contribution in [0.2, 0.25) is 0 Å². The van der Waals surface area contributed by atoms with Crippen molar-refractivity contribution in [2.24, 2.45) is 0 Å². The van der Waals surface area contributed by atoms with E-state index in [2.05, 4.69) is 15.1 Å². The molecule has 0 spiro atoms. The van der Waals surface area contributed by atoms with Gasteiger partial charge in [-0.25, -0.2) is 9.50 Å². The summed E-state index contributed by atoms with van der Waals surface area (Å²) in [5.74, 6) is 0.0286. The van der Waals surface area contributed by atoms with Gasteiger partial charge in [-0.2, -0.15) is 0 Å². The summed E-state index contributed by atoms with van der Waals surface area (Å²) in [5, 5.41) is 3.19. The molecule has 5 heterocycles. The number of fused-ring (bicyclic) bond motifs is 1. The van der Waals surface area contributed by atoms with Crippen molar-refractivity contribution >= 4 is 17.5 Å². The molecule has 9 heteroatoms. The predicted molar refractivity (Wildman–Crippen MR) is 122 cm³/mol. The van der Waals surface area contributed by atoms with Gasteiger partial charge >= 0.3 is 0 Å². The molecule has 172 valence electrons. The quantitative estimate of drug-likeness (QED) is 0.645. The van der Waals surface area contributed by atoms with Crippen LogP contribution in [0.1, 0.15) is 65.5 Å². The summed E-state index contributed by atoms with van der Waals surface area (Å²) < 4.78 is 1.45. The Bertz CT molecular complexity index is 1240. The summed E-state index contributed by atoms with van der Waals surface area (Å²) >= 11 is 0. The van der Waals surface area contributed by atoms with E-state index in [0.29, 0.717) is 41.9 Å². The number of nitrogens with zero attached hydrogens (tertiary/aromatic N) is 5. The van der Waals surface area contributed by atoms with E-state index >= 15 is 0 Å². The van der Waals surface area contributed by atoms with Gasteiger partial charge in [0.05, 0.1) is 17.3 Å². The highest BCUT2D eigenvalue weighted by atomic mass is 16.2. The van der Waals surface area contributed by atoms with E-state index in [-0.39, 0.29) is 23.4 Å². The number of likely N-dealkylation sites (tertiary alicyclic amines) is 2. The Hall–Kier alpha value is -3.49. The summed E-state index contributed by atoms with van der Waals surface area (Å²) in [4.78, 5) is 51.1. The second-order valence-electron chi connectivity index (χ2n) is 8.87. The fraction of sp³-hybridized carbons (Fsp3) is 0.458. The summed E-state index contributed by atoms with van der Waals surface area (Å²) in [6, 6.07) is 5.22. The first kappa shape index (κ1) is 21.4. The van der Waals surface area contributed by atoms with Gasteiger partial charge in [0, 0.05) is 55.8 Å². The van der Waals surface area contributed by atoms with Gasteiger partial charge in [0.1, 0.15) is 0 Å². The molecule has 2 fully saturated rings. The van der Waals surface area contributed by atoms with Gasteiger partial charge in [-0.1, -0.05) is 0 Å². The number of aryl methyl sites for hydroxylation is 1. The van der Waals surface area contributed by atoms with Crippen molar-refractivity contribution in [3.63, 3.8) is 0 Å². The van der Waals surface area contributed by atoms with Gasteiger partial charge < -0.3 is 9.80 Å². The zero-order chi connectivity index (χ0) is 22.9. The number of aromatic nitrogens is 4. The lowest BCUT2D eigenvalue weighted by Gasteiger charge is -2.23. The first-order valence-electron chi connectivity index (χ1n) is 11.6. The van der Waals surface area contributed by atoms with Gasteiger partial charge in [0.15, 0.2) is 5.65 Å². The molecule has 2 amide bonds. The van der Waals surface area contributed by atoms with E-state index in [4.69, 9.17) is 0 Å². The van der Waals surface area contributed by atoms with Crippen molar-refractivity contribution < 1.29 is 9.59 Å². The van der Waals surface area contributed by atoms with Crippen LogP contribution in [0.15, 0.2) is 35.4 Å². The number of nitrogens with one attached hydrogen (secondary N) is 1. The normalized spacial score (nSPS) is 18.4. The molecular weight excluding hydrogens is 420 g/mol. The minimum atomic E-state index is -0.180.